The number of nitro benzene ring substituents is 1. The number of benzene rings is 2. The van der Waals surface area contributed by atoms with Crippen molar-refractivity contribution >= 4 is 23.8 Å². The second-order valence-electron chi connectivity index (χ2n) is 5.71. The molecule has 3 rings (SSSR count). The summed E-state index contributed by atoms with van der Waals surface area (Å²) in [7, 11) is 0. The highest BCUT2D eigenvalue weighted by atomic mass is 16.6. The summed E-state index contributed by atoms with van der Waals surface area (Å²) >= 11 is 0. The zero-order valence-corrected chi connectivity index (χ0v) is 14.9. The fraction of sp³-hybridized carbons (Fsp3) is 0. The average molecular weight is 390 g/mol. The number of hydrogen-bond donors (Lipinski definition) is 1. The summed E-state index contributed by atoms with van der Waals surface area (Å²) in [6.07, 6.45) is 4.36. The molecule has 1 heterocycles. The molecule has 0 aliphatic rings. The van der Waals surface area contributed by atoms with Crippen LogP contribution >= 0.6 is 0 Å². The normalized spacial score (nSPS) is 10.5. The first-order chi connectivity index (χ1) is 14.0. The fourth-order valence-corrected chi connectivity index (χ4v) is 2.30. The third-order valence-electron chi connectivity index (χ3n) is 3.66. The van der Waals surface area contributed by atoms with Crippen molar-refractivity contribution in [3.63, 3.8) is 0 Å². The second-order valence-corrected chi connectivity index (χ2v) is 5.71. The van der Waals surface area contributed by atoms with E-state index in [-0.39, 0.29) is 17.0 Å². The van der Waals surface area contributed by atoms with E-state index in [0.29, 0.717) is 11.1 Å². The lowest BCUT2D eigenvalue weighted by Gasteiger charge is -2.05. The van der Waals surface area contributed by atoms with E-state index in [0.717, 1.165) is 6.07 Å². The van der Waals surface area contributed by atoms with Crippen molar-refractivity contribution in [1.29, 1.82) is 0 Å². The van der Waals surface area contributed by atoms with Gasteiger partial charge in [0, 0.05) is 24.5 Å². The van der Waals surface area contributed by atoms with Crippen LogP contribution in [0, 0.1) is 10.1 Å². The number of amides is 1. The maximum absolute atomic E-state index is 12.2. The summed E-state index contributed by atoms with van der Waals surface area (Å²) in [6, 6.07) is 14.9. The Morgan fingerprint density at radius 2 is 1.86 bits per heavy atom. The summed E-state index contributed by atoms with van der Waals surface area (Å²) < 4.78 is 5.25. The van der Waals surface area contributed by atoms with Gasteiger partial charge in [-0.1, -0.05) is 18.2 Å². The number of hydrazone groups is 1. The maximum Gasteiger partial charge on any atom is 0.343 e. The van der Waals surface area contributed by atoms with Crippen LogP contribution in [0.3, 0.4) is 0 Å². The third kappa shape index (κ3) is 5.30. The van der Waals surface area contributed by atoms with Crippen molar-refractivity contribution in [3.05, 3.63) is 99.9 Å². The number of pyridine rings is 1. The van der Waals surface area contributed by atoms with Gasteiger partial charge in [0.2, 0.25) is 0 Å². The highest BCUT2D eigenvalue weighted by Crippen LogP contribution is 2.17. The standard InChI is InChI=1S/C20H14N4O5/c25-19(16-6-3-9-21-13-16)23-22-12-14-4-1-8-18(10-14)29-20(26)15-5-2-7-17(11-15)24(27)28/h1-13H,(H,23,25). The Labute approximate surface area is 164 Å². The van der Waals surface area contributed by atoms with Crippen LogP contribution in [0.15, 0.2) is 78.2 Å². The first-order valence-electron chi connectivity index (χ1n) is 8.33. The van der Waals surface area contributed by atoms with Crippen LogP contribution in [0.1, 0.15) is 26.3 Å². The Bertz CT molecular complexity index is 1080. The molecule has 0 atom stereocenters. The lowest BCUT2D eigenvalue weighted by Crippen LogP contribution is -2.17. The minimum absolute atomic E-state index is 0.0574. The first-order valence-corrected chi connectivity index (χ1v) is 8.33. The van der Waals surface area contributed by atoms with Gasteiger partial charge in [-0.05, 0) is 35.9 Å². The Morgan fingerprint density at radius 1 is 1.07 bits per heavy atom. The molecule has 2 aromatic carbocycles. The number of aromatic nitrogens is 1. The molecular formula is C20H14N4O5. The van der Waals surface area contributed by atoms with Gasteiger partial charge in [-0.15, -0.1) is 0 Å². The third-order valence-corrected chi connectivity index (χ3v) is 3.66. The number of nitro groups is 1. The van der Waals surface area contributed by atoms with Gasteiger partial charge in [0.15, 0.2) is 0 Å². The molecule has 0 aliphatic heterocycles. The van der Waals surface area contributed by atoms with Crippen LogP contribution < -0.4 is 10.2 Å². The van der Waals surface area contributed by atoms with E-state index in [2.05, 4.69) is 15.5 Å². The van der Waals surface area contributed by atoms with Crippen molar-refractivity contribution in [3.8, 4) is 5.75 Å². The Hall–Kier alpha value is -4.40. The highest BCUT2D eigenvalue weighted by Gasteiger charge is 2.13. The molecule has 9 nitrogen and oxygen atoms in total. The molecule has 9 heteroatoms. The molecule has 29 heavy (non-hydrogen) atoms. The van der Waals surface area contributed by atoms with Crippen LogP contribution in [0.5, 0.6) is 5.75 Å². The van der Waals surface area contributed by atoms with Crippen molar-refractivity contribution in [2.24, 2.45) is 5.10 Å². The first kappa shape index (κ1) is 19.4. The minimum atomic E-state index is -0.729. The molecule has 1 aromatic heterocycles. The molecule has 0 fully saturated rings. The molecule has 3 aromatic rings. The van der Waals surface area contributed by atoms with Gasteiger partial charge in [-0.3, -0.25) is 19.9 Å². The van der Waals surface area contributed by atoms with Gasteiger partial charge in [-0.2, -0.15) is 5.10 Å². The zero-order valence-electron chi connectivity index (χ0n) is 14.9. The number of rotatable bonds is 6. The van der Waals surface area contributed by atoms with Crippen molar-refractivity contribution in [2.45, 2.75) is 0 Å². The number of carbonyl (C=O) groups is 2. The highest BCUT2D eigenvalue weighted by molar-refractivity contribution is 5.94. The van der Waals surface area contributed by atoms with Gasteiger partial charge in [0.1, 0.15) is 5.75 Å². The van der Waals surface area contributed by atoms with Crippen LogP contribution in [-0.2, 0) is 0 Å². The number of nitrogens with zero attached hydrogens (tertiary/aromatic N) is 3. The molecule has 0 aliphatic carbocycles. The van der Waals surface area contributed by atoms with Gasteiger partial charge >= 0.3 is 5.97 Å². The fourth-order valence-electron chi connectivity index (χ4n) is 2.30. The number of non-ortho nitro benzene ring substituents is 1. The van der Waals surface area contributed by atoms with Gasteiger partial charge in [0.25, 0.3) is 11.6 Å². The number of esters is 1. The molecule has 0 saturated heterocycles. The predicted octanol–water partition coefficient (Wildman–Crippen LogP) is 2.97. The average Bonchev–Trinajstić information content (AvgIpc) is 2.74. The topological polar surface area (TPSA) is 124 Å². The predicted molar refractivity (Wildman–Crippen MR) is 104 cm³/mol. The van der Waals surface area contributed by atoms with E-state index < -0.39 is 16.8 Å². The Kier molecular flexibility index (Phi) is 6.01. The summed E-state index contributed by atoms with van der Waals surface area (Å²) in [4.78, 5) is 38.2. The Morgan fingerprint density at radius 3 is 2.62 bits per heavy atom. The van der Waals surface area contributed by atoms with Crippen molar-refractivity contribution < 1.29 is 19.2 Å². The number of hydrogen-bond acceptors (Lipinski definition) is 7. The van der Waals surface area contributed by atoms with Crippen molar-refractivity contribution in [2.75, 3.05) is 0 Å². The van der Waals surface area contributed by atoms with E-state index in [1.807, 2.05) is 0 Å². The SMILES string of the molecule is O=C(NN=Cc1cccc(OC(=O)c2cccc([N+](=O)[O-])c2)c1)c1cccnc1. The number of carbonyl (C=O) groups excluding carboxylic acids is 2. The molecule has 144 valence electrons. The van der Waals surface area contributed by atoms with Crippen molar-refractivity contribution in [1.82, 2.24) is 10.4 Å². The van der Waals surface area contributed by atoms with E-state index in [1.54, 1.807) is 36.5 Å². The molecular weight excluding hydrogens is 376 g/mol. The molecule has 1 N–H and O–H groups in total. The molecule has 0 spiro atoms. The van der Waals surface area contributed by atoms with Crippen LogP contribution in [-0.4, -0.2) is 28.0 Å². The Balaban J connectivity index is 1.65. The summed E-state index contributed by atoms with van der Waals surface area (Å²) in [5.41, 5.74) is 3.16. The smallest absolute Gasteiger partial charge is 0.343 e. The molecule has 0 radical (unpaired) electrons. The van der Waals surface area contributed by atoms with E-state index in [9.17, 15) is 19.7 Å². The molecule has 1 amide bonds. The molecule has 0 unspecified atom stereocenters. The van der Waals surface area contributed by atoms with Crippen LogP contribution in [0.25, 0.3) is 0 Å². The number of nitrogens with one attached hydrogen (secondary N) is 1. The summed E-state index contributed by atoms with van der Waals surface area (Å²) in [6.45, 7) is 0. The molecule has 0 saturated carbocycles. The van der Waals surface area contributed by atoms with Gasteiger partial charge in [0.05, 0.1) is 22.3 Å². The van der Waals surface area contributed by atoms with E-state index >= 15 is 0 Å². The van der Waals surface area contributed by atoms with Gasteiger partial charge < -0.3 is 4.74 Å². The summed E-state index contributed by atoms with van der Waals surface area (Å²) in [5, 5.41) is 14.7. The van der Waals surface area contributed by atoms with Crippen LogP contribution in [0.2, 0.25) is 0 Å². The minimum Gasteiger partial charge on any atom is -0.423 e. The van der Waals surface area contributed by atoms with Crippen LogP contribution in [0.4, 0.5) is 5.69 Å². The zero-order chi connectivity index (χ0) is 20.6. The van der Waals surface area contributed by atoms with Gasteiger partial charge in [-0.25, -0.2) is 10.2 Å². The monoisotopic (exact) mass is 390 g/mol. The molecule has 0 bridgehead atoms. The maximum atomic E-state index is 12.2. The summed E-state index contributed by atoms with van der Waals surface area (Å²) in [5.74, 6) is -0.917. The largest absolute Gasteiger partial charge is 0.423 e. The lowest BCUT2D eigenvalue weighted by molar-refractivity contribution is -0.384. The van der Waals surface area contributed by atoms with E-state index in [1.165, 1.54) is 36.7 Å². The van der Waals surface area contributed by atoms with E-state index in [4.69, 9.17) is 4.74 Å². The second kappa shape index (κ2) is 9.00. The lowest BCUT2D eigenvalue weighted by atomic mass is 10.2. The quantitative estimate of drug-likeness (QED) is 0.227. The number of ether oxygens (including phenoxy) is 1.